The van der Waals surface area contributed by atoms with E-state index in [-0.39, 0.29) is 32.1 Å². The van der Waals surface area contributed by atoms with Gasteiger partial charge in [-0.05, 0) is 89.9 Å². The molecule has 0 aromatic carbocycles. The molecule has 13 heteroatoms. The first-order valence-corrected chi connectivity index (χ1v) is 23.2. The number of aliphatic hydroxyl groups excluding tert-OH is 4. The van der Waals surface area contributed by atoms with Crippen molar-refractivity contribution in [2.75, 3.05) is 26.4 Å². The molecule has 0 aromatic heterocycles. The predicted molar refractivity (Wildman–Crippen MR) is 244 cm³/mol. The van der Waals surface area contributed by atoms with Crippen LogP contribution in [-0.2, 0) is 32.7 Å². The first-order chi connectivity index (χ1) is 29.5. The Bertz CT molecular complexity index is 1460. The molecule has 0 aliphatic carbocycles. The second kappa shape index (κ2) is 41.6. The third-order valence-electron chi connectivity index (χ3n) is 8.33. The minimum Gasteiger partial charge on any atom is -0.462 e. The molecular weight excluding hydrogens is 799 g/mol. The highest BCUT2D eigenvalue weighted by Crippen LogP contribution is 2.43. The zero-order valence-corrected chi connectivity index (χ0v) is 37.4. The maximum Gasteiger partial charge on any atom is 0.472 e. The van der Waals surface area contributed by atoms with E-state index in [1.165, 1.54) is 0 Å². The molecule has 0 amide bonds. The fraction of sp³-hybridized carbons (Fsp3) is 0.542. The molecule has 0 aliphatic heterocycles. The van der Waals surface area contributed by atoms with Gasteiger partial charge in [0.1, 0.15) is 12.7 Å². The molecule has 0 saturated heterocycles. The molecule has 5 N–H and O–H groups in total. The number of hydrogen-bond acceptors (Lipinski definition) is 11. The minimum atomic E-state index is -4.73. The van der Waals surface area contributed by atoms with Crippen molar-refractivity contribution in [1.29, 1.82) is 0 Å². The maximum absolute atomic E-state index is 12.7. The lowest BCUT2D eigenvalue weighted by Crippen LogP contribution is -2.30. The van der Waals surface area contributed by atoms with Crippen molar-refractivity contribution in [2.24, 2.45) is 0 Å². The first-order valence-electron chi connectivity index (χ1n) is 21.7. The second-order valence-corrected chi connectivity index (χ2v) is 15.4. The first kappa shape index (κ1) is 57.3. The Hall–Kier alpha value is -3.71. The van der Waals surface area contributed by atoms with Gasteiger partial charge in [0.05, 0.1) is 32.0 Å². The number of carbonyl (C=O) groups is 2. The van der Waals surface area contributed by atoms with E-state index in [1.54, 1.807) is 6.08 Å². The largest absolute Gasteiger partial charge is 0.472 e. The summed E-state index contributed by atoms with van der Waals surface area (Å²) in [4.78, 5) is 35.0. The summed E-state index contributed by atoms with van der Waals surface area (Å²) < 4.78 is 32.4. The van der Waals surface area contributed by atoms with Crippen molar-refractivity contribution < 1.29 is 58.0 Å². The third-order valence-corrected chi connectivity index (χ3v) is 9.28. The van der Waals surface area contributed by atoms with Crippen molar-refractivity contribution in [2.45, 2.75) is 141 Å². The SMILES string of the molecule is CC/C=C\C/C=C\C/C=C\C/C=C\C/C=C\C/C=C\CCC(=O)OC[C@H](COP(=O)(O)OC[C@@H](O)CO)OC(=O)CCC[C@@H](O)[C@H](O)C/C=C\C/C=C\C/C=C\C/C=C\CC. The highest BCUT2D eigenvalue weighted by molar-refractivity contribution is 7.47. The molecule has 0 spiro atoms. The Kier molecular flexibility index (Phi) is 39.1. The number of phosphoric acid groups is 1. The van der Waals surface area contributed by atoms with Gasteiger partial charge in [0, 0.05) is 12.8 Å². The summed E-state index contributed by atoms with van der Waals surface area (Å²) >= 11 is 0. The van der Waals surface area contributed by atoms with E-state index >= 15 is 0 Å². The highest BCUT2D eigenvalue weighted by Gasteiger charge is 2.27. The van der Waals surface area contributed by atoms with Gasteiger partial charge in [-0.25, -0.2) is 4.57 Å². The van der Waals surface area contributed by atoms with Crippen molar-refractivity contribution >= 4 is 19.8 Å². The maximum atomic E-state index is 12.7. The van der Waals surface area contributed by atoms with E-state index in [4.69, 9.17) is 19.1 Å². The van der Waals surface area contributed by atoms with Gasteiger partial charge in [0.2, 0.25) is 0 Å². The number of carbonyl (C=O) groups excluding carboxylic acids is 2. The van der Waals surface area contributed by atoms with Crippen LogP contribution in [0, 0.1) is 0 Å². The number of rotatable bonds is 38. The number of esters is 2. The summed E-state index contributed by atoms with van der Waals surface area (Å²) in [6.07, 6.45) is 46.3. The molecule has 0 radical (unpaired) electrons. The fourth-order valence-electron chi connectivity index (χ4n) is 4.93. The Morgan fingerprint density at radius 2 is 0.967 bits per heavy atom. The van der Waals surface area contributed by atoms with Crippen LogP contribution >= 0.6 is 7.82 Å². The van der Waals surface area contributed by atoms with E-state index < -0.39 is 70.6 Å². The zero-order chi connectivity index (χ0) is 45.1. The topological polar surface area (TPSA) is 189 Å². The van der Waals surface area contributed by atoms with Crippen LogP contribution in [-0.4, -0.2) is 88.1 Å². The van der Waals surface area contributed by atoms with E-state index in [0.29, 0.717) is 19.3 Å². The van der Waals surface area contributed by atoms with Crippen LogP contribution in [0.3, 0.4) is 0 Å². The molecule has 1 unspecified atom stereocenters. The van der Waals surface area contributed by atoms with E-state index in [0.717, 1.165) is 51.4 Å². The monoisotopic (exact) mass is 874 g/mol. The van der Waals surface area contributed by atoms with Gasteiger partial charge in [-0.3, -0.25) is 18.6 Å². The van der Waals surface area contributed by atoms with Crippen LogP contribution < -0.4 is 0 Å². The Morgan fingerprint density at radius 1 is 0.541 bits per heavy atom. The molecule has 12 nitrogen and oxygen atoms in total. The summed E-state index contributed by atoms with van der Waals surface area (Å²) in [6, 6.07) is 0. The molecule has 0 saturated carbocycles. The average Bonchev–Trinajstić information content (AvgIpc) is 3.24. The third kappa shape index (κ3) is 40.1. The van der Waals surface area contributed by atoms with Crippen LogP contribution in [0.25, 0.3) is 0 Å². The van der Waals surface area contributed by atoms with Crippen LogP contribution in [0.15, 0.2) is 122 Å². The normalized spacial score (nSPS) is 16.0. The van der Waals surface area contributed by atoms with Gasteiger partial charge in [0.25, 0.3) is 0 Å². The quantitative estimate of drug-likeness (QED) is 0.0225. The van der Waals surface area contributed by atoms with Crippen LogP contribution in [0.2, 0.25) is 0 Å². The van der Waals surface area contributed by atoms with Crippen LogP contribution in [0.1, 0.15) is 117 Å². The summed E-state index contributed by atoms with van der Waals surface area (Å²) in [5.74, 6) is -1.33. The Balaban J connectivity index is 4.69. The molecule has 0 aromatic rings. The number of phosphoric ester groups is 1. The molecule has 0 fully saturated rings. The van der Waals surface area contributed by atoms with Gasteiger partial charge in [-0.15, -0.1) is 0 Å². The molecule has 5 atom stereocenters. The smallest absolute Gasteiger partial charge is 0.462 e. The average molecular weight is 875 g/mol. The van der Waals surface area contributed by atoms with Crippen molar-refractivity contribution in [3.8, 4) is 0 Å². The molecule has 0 bridgehead atoms. The molecule has 0 rings (SSSR count). The lowest BCUT2D eigenvalue weighted by molar-refractivity contribution is -0.161. The lowest BCUT2D eigenvalue weighted by Gasteiger charge is -2.20. The summed E-state index contributed by atoms with van der Waals surface area (Å²) in [7, 11) is -4.73. The lowest BCUT2D eigenvalue weighted by atomic mass is 10.0. The standard InChI is InChI=1S/C48H75O12P/c1-3-5-7-9-11-13-15-17-18-19-20-21-22-23-25-27-29-31-33-37-47(53)57-41-44(42-59-61(55,56)58-40-43(50)39-49)60-48(54)38-34-36-46(52)45(51)35-32-30-28-26-24-16-14-12-10-8-6-4-2/h5-8,11-14,17-18,20-21,23-26,29-32,43-46,49-52H,3-4,9-10,15-16,19,22,27-28,33-42H2,1-2H3,(H,55,56)/b7-5-,8-6-,13-11-,14-12-,18-17-,21-20-,25-23-,26-24-,31-29-,32-30-/t43-,44+,45+,46+/m0/s1. The number of ether oxygens (including phenoxy) is 2. The van der Waals surface area contributed by atoms with E-state index in [2.05, 4.69) is 103 Å². The van der Waals surface area contributed by atoms with Crippen LogP contribution in [0.5, 0.6) is 0 Å². The molecule has 61 heavy (non-hydrogen) atoms. The van der Waals surface area contributed by atoms with Crippen molar-refractivity contribution in [3.63, 3.8) is 0 Å². The van der Waals surface area contributed by atoms with Gasteiger partial charge in [0.15, 0.2) is 6.10 Å². The van der Waals surface area contributed by atoms with E-state index in [9.17, 15) is 34.4 Å². The summed E-state index contributed by atoms with van der Waals surface area (Å²) in [5.41, 5.74) is 0. The number of hydrogen-bond donors (Lipinski definition) is 5. The Labute approximate surface area is 365 Å². The second-order valence-electron chi connectivity index (χ2n) is 13.9. The highest BCUT2D eigenvalue weighted by atomic mass is 31.2. The molecule has 0 aliphatic rings. The van der Waals surface area contributed by atoms with Crippen LogP contribution in [0.4, 0.5) is 0 Å². The van der Waals surface area contributed by atoms with Gasteiger partial charge in [-0.2, -0.15) is 0 Å². The molecule has 0 heterocycles. The van der Waals surface area contributed by atoms with E-state index in [1.807, 2.05) is 30.4 Å². The molecular formula is C48H75O12P. The summed E-state index contributed by atoms with van der Waals surface area (Å²) in [5, 5.41) is 39.0. The molecule has 344 valence electrons. The number of aliphatic hydroxyl groups is 4. The van der Waals surface area contributed by atoms with Gasteiger partial charge >= 0.3 is 19.8 Å². The predicted octanol–water partition coefficient (Wildman–Crippen LogP) is 9.49. The van der Waals surface area contributed by atoms with Gasteiger partial charge in [-0.1, -0.05) is 135 Å². The zero-order valence-electron chi connectivity index (χ0n) is 36.5. The van der Waals surface area contributed by atoms with Crippen molar-refractivity contribution in [1.82, 2.24) is 0 Å². The fourth-order valence-corrected chi connectivity index (χ4v) is 5.72. The van der Waals surface area contributed by atoms with Crippen molar-refractivity contribution in [3.05, 3.63) is 122 Å². The van der Waals surface area contributed by atoms with Gasteiger partial charge < -0.3 is 34.8 Å². The Morgan fingerprint density at radius 3 is 1.43 bits per heavy atom. The number of allylic oxidation sites excluding steroid dienone is 19. The summed E-state index contributed by atoms with van der Waals surface area (Å²) in [6.45, 7) is 1.69. The minimum absolute atomic E-state index is 0.0471.